The summed E-state index contributed by atoms with van der Waals surface area (Å²) in [6.45, 7) is 38.4. The Balaban J connectivity index is 0.000000308. The molecule has 0 aromatic heterocycles. The SMILES string of the molecule is CC(C)(C)c1ccc(O)c(C=Nc2ccc(-c3ccc(N=Cc4cc(C(C)(C)C)cc(C(C)(C)C)c4O)cc3)cc2)c1.COc1ccc(N=Cc2cc(C(C)(C)C)cc(C(C)(C)C)c2O)cc1.COc1ccc(N=Cc2cccc(C(C)(C)C)c2O)cc1.[Cl][Ti][Cl].[Cl][Ti][Cl]. The maximum atomic E-state index is 11.1. The Morgan fingerprint density at radius 1 is 0.319 bits per heavy atom. The minimum atomic E-state index is -0.556. The first kappa shape index (κ1) is 80.3. The molecule has 8 aromatic carbocycles. The molecule has 0 heterocycles. The summed E-state index contributed by atoms with van der Waals surface area (Å²) in [5, 5.41) is 42.5. The molecule has 94 heavy (non-hydrogen) atoms. The predicted molar refractivity (Wildman–Crippen MR) is 395 cm³/mol. The number of phenolic OH excluding ortho intramolecular Hbond substituents is 4. The quantitative estimate of drug-likeness (QED) is 0.0749. The number of aromatic hydroxyl groups is 4. The molecule has 0 fully saturated rings. The Morgan fingerprint density at radius 2 is 0.606 bits per heavy atom. The van der Waals surface area contributed by atoms with Gasteiger partial charge in [0.15, 0.2) is 0 Å². The third-order valence-electron chi connectivity index (χ3n) is 15.0. The molecule has 8 aromatic rings. The van der Waals surface area contributed by atoms with Crippen LogP contribution < -0.4 is 9.47 Å². The van der Waals surface area contributed by atoms with Gasteiger partial charge < -0.3 is 29.9 Å². The van der Waals surface area contributed by atoms with Crippen LogP contribution >= 0.6 is 37.2 Å². The van der Waals surface area contributed by atoms with Gasteiger partial charge in [-0.25, -0.2) is 0 Å². The summed E-state index contributed by atoms with van der Waals surface area (Å²) in [6.07, 6.45) is 6.90. The van der Waals surface area contributed by atoms with E-state index in [9.17, 15) is 20.4 Å². The van der Waals surface area contributed by atoms with Gasteiger partial charge in [0.25, 0.3) is 0 Å². The van der Waals surface area contributed by atoms with Crippen LogP contribution in [0.4, 0.5) is 22.7 Å². The Kier molecular flexibility index (Phi) is 30.5. The molecular weight excluding hydrogens is 1330 g/mol. The van der Waals surface area contributed by atoms with E-state index in [1.165, 1.54) is 11.1 Å². The third-order valence-corrected chi connectivity index (χ3v) is 15.0. The fourth-order valence-corrected chi connectivity index (χ4v) is 9.31. The fraction of sp³-hybridized carbons (Fsp3) is 0.333. The van der Waals surface area contributed by atoms with Crippen LogP contribution in [0.2, 0.25) is 0 Å². The standard InChI is InChI=1S/C38H44N2O2.C22H29NO2.C18H21NO2.4ClH.2Ti/c1-36(2,3)29-14-19-34(41)27(20-29)23-39-31-15-10-25(11-16-31)26-12-17-32(18-13-26)40-24-28-21-30(37(4,5)6)22-33(35(28)42)38(7,8)9;1-21(2,3)16-12-15(20(24)19(13-16)22(4,5)6)14-23-17-8-10-18(25-7)11-9-17;1-18(2,3)16-7-5-6-13(17(16)20)12-19-14-8-10-15(21-4)11-9-14;;;;;;/h10-24,41-42H,1-9H3;8-14,24H,1-7H3;5-12,20H,1-4H3;4*1H;;/q;;;;;;;2*+2/p-4. The number of para-hydroxylation sites is 1. The van der Waals surface area contributed by atoms with Crippen molar-refractivity contribution in [3.63, 3.8) is 0 Å². The van der Waals surface area contributed by atoms with Gasteiger partial charge in [-0.3, -0.25) is 20.0 Å². The molecule has 0 bridgehead atoms. The summed E-state index contributed by atoms with van der Waals surface area (Å²) < 4.78 is 10.3. The van der Waals surface area contributed by atoms with Crippen LogP contribution in [-0.2, 0) is 66.6 Å². The van der Waals surface area contributed by atoms with Crippen LogP contribution in [0, 0.1) is 0 Å². The van der Waals surface area contributed by atoms with Gasteiger partial charge in [-0.1, -0.05) is 179 Å². The van der Waals surface area contributed by atoms with Crippen molar-refractivity contribution in [2.75, 3.05) is 14.2 Å². The van der Waals surface area contributed by atoms with Gasteiger partial charge in [0, 0.05) is 58.2 Å². The monoisotopic (exact) mass is 1420 g/mol. The summed E-state index contributed by atoms with van der Waals surface area (Å²) in [4.78, 5) is 18.2. The minimum absolute atomic E-state index is 0.00357. The van der Waals surface area contributed by atoms with Gasteiger partial charge in [-0.2, -0.15) is 0 Å². The Labute approximate surface area is 594 Å². The molecule has 0 aliphatic rings. The van der Waals surface area contributed by atoms with E-state index < -0.39 is 34.1 Å². The Bertz CT molecular complexity index is 3830. The molecule has 0 amide bonds. The Morgan fingerprint density at radius 3 is 0.915 bits per heavy atom. The summed E-state index contributed by atoms with van der Waals surface area (Å²) in [5.74, 6) is 2.70. The van der Waals surface area contributed by atoms with E-state index in [-0.39, 0.29) is 44.0 Å². The average molecular weight is 1420 g/mol. The number of nitrogens with zero attached hydrogens (tertiary/aromatic N) is 4. The second kappa shape index (κ2) is 35.7. The van der Waals surface area contributed by atoms with Crippen molar-refractivity contribution in [2.45, 2.75) is 157 Å². The van der Waals surface area contributed by atoms with E-state index >= 15 is 0 Å². The number of aliphatic imine (C=N–C) groups is 4. The van der Waals surface area contributed by atoms with Crippen LogP contribution in [0.5, 0.6) is 34.5 Å². The molecule has 0 radical (unpaired) electrons. The number of phenols is 4. The number of rotatable bonds is 11. The van der Waals surface area contributed by atoms with E-state index in [4.69, 9.17) is 46.7 Å². The van der Waals surface area contributed by atoms with Crippen molar-refractivity contribution >= 4 is 84.8 Å². The van der Waals surface area contributed by atoms with E-state index in [2.05, 4.69) is 157 Å². The molecule has 0 saturated carbocycles. The number of hydrogen-bond donors (Lipinski definition) is 4. The molecule has 10 nitrogen and oxygen atoms in total. The van der Waals surface area contributed by atoms with E-state index in [0.717, 1.165) is 84.3 Å². The number of benzene rings is 8. The number of hydrogen-bond acceptors (Lipinski definition) is 10. The molecule has 0 unspecified atom stereocenters. The van der Waals surface area contributed by atoms with E-state index in [1.54, 1.807) is 45.1 Å². The number of halogens is 4. The van der Waals surface area contributed by atoms with Gasteiger partial charge >= 0.3 is 71.3 Å². The van der Waals surface area contributed by atoms with Crippen molar-refractivity contribution in [1.29, 1.82) is 0 Å². The number of methoxy groups -OCH3 is 2. The van der Waals surface area contributed by atoms with E-state index in [0.29, 0.717) is 17.1 Å². The van der Waals surface area contributed by atoms with Crippen molar-refractivity contribution in [3.05, 3.63) is 213 Å². The van der Waals surface area contributed by atoms with Crippen molar-refractivity contribution < 1.29 is 64.0 Å². The molecule has 0 spiro atoms. The predicted octanol–water partition coefficient (Wildman–Crippen LogP) is 23.1. The molecule has 16 heteroatoms. The molecule has 498 valence electrons. The van der Waals surface area contributed by atoms with Gasteiger partial charge in [-0.05, 0) is 169 Å². The normalized spacial score (nSPS) is 12.0. The Hall–Kier alpha value is -6.17. The van der Waals surface area contributed by atoms with Gasteiger partial charge in [0.1, 0.15) is 34.5 Å². The van der Waals surface area contributed by atoms with Crippen molar-refractivity contribution in [1.82, 2.24) is 0 Å². The molecule has 8 rings (SSSR count). The van der Waals surface area contributed by atoms with Crippen LogP contribution in [0.3, 0.4) is 0 Å². The second-order valence-electron chi connectivity index (χ2n) is 28.6. The zero-order valence-corrected chi connectivity index (χ0v) is 64.4. The van der Waals surface area contributed by atoms with Gasteiger partial charge in [-0.15, -0.1) is 0 Å². The summed E-state index contributed by atoms with van der Waals surface area (Å²) in [6, 6.07) is 50.8. The third kappa shape index (κ3) is 25.1. The second-order valence-corrected chi connectivity index (χ2v) is 33.8. The zero-order chi connectivity index (χ0) is 70.6. The maximum absolute atomic E-state index is 11.1. The van der Waals surface area contributed by atoms with Crippen LogP contribution in [-0.4, -0.2) is 59.5 Å². The zero-order valence-electron chi connectivity index (χ0n) is 58.2. The molecule has 0 aliphatic carbocycles. The average Bonchev–Trinajstić information content (AvgIpc) is 0.801. The van der Waals surface area contributed by atoms with Crippen LogP contribution in [0.25, 0.3) is 11.1 Å². The van der Waals surface area contributed by atoms with Gasteiger partial charge in [0.2, 0.25) is 0 Å². The summed E-state index contributed by atoms with van der Waals surface area (Å²) in [7, 11) is 22.8. The first-order valence-corrected chi connectivity index (χ1v) is 39.4. The number of ether oxygens (including phenoxy) is 2. The van der Waals surface area contributed by atoms with Crippen molar-refractivity contribution in [2.24, 2.45) is 20.0 Å². The first-order valence-electron chi connectivity index (χ1n) is 30.8. The summed E-state index contributed by atoms with van der Waals surface area (Å²) in [5.41, 5.74) is 14.1. The van der Waals surface area contributed by atoms with E-state index in [1.807, 2.05) is 140 Å². The topological polar surface area (TPSA) is 149 Å². The van der Waals surface area contributed by atoms with Crippen LogP contribution in [0.15, 0.2) is 178 Å². The molecule has 0 saturated heterocycles. The molecular formula is C78H94Cl4N4O6Ti2. The molecule has 0 atom stereocenters. The van der Waals surface area contributed by atoms with Gasteiger partial charge in [0.05, 0.1) is 37.0 Å². The summed E-state index contributed by atoms with van der Waals surface area (Å²) >= 11 is -1.11. The molecule has 4 N–H and O–H groups in total. The first-order chi connectivity index (χ1) is 43.8. The molecule has 0 aliphatic heterocycles. The fourth-order valence-electron chi connectivity index (χ4n) is 9.31. The van der Waals surface area contributed by atoms with Crippen molar-refractivity contribution in [3.8, 4) is 45.6 Å². The van der Waals surface area contributed by atoms with Crippen LogP contribution in [0.1, 0.15) is 180 Å².